The van der Waals surface area contributed by atoms with Crippen LogP contribution in [0.25, 0.3) is 10.8 Å². The van der Waals surface area contributed by atoms with Gasteiger partial charge in [-0.3, -0.25) is 0 Å². The van der Waals surface area contributed by atoms with Crippen LogP contribution in [0, 0.1) is 9.64 Å². The van der Waals surface area contributed by atoms with Gasteiger partial charge in [0, 0.05) is 3.57 Å². The van der Waals surface area contributed by atoms with Crippen LogP contribution in [0.1, 0.15) is 18.9 Å². The first-order valence-corrected chi connectivity index (χ1v) is 5.98. The average molecular weight is 295 g/mol. The van der Waals surface area contributed by atoms with E-state index >= 15 is 0 Å². The highest BCUT2D eigenvalue weighted by molar-refractivity contribution is 14.1. The molecule has 0 aliphatic carbocycles. The van der Waals surface area contributed by atoms with Crippen LogP contribution in [0.3, 0.4) is 0 Å². The third-order valence-electron chi connectivity index (χ3n) is 2.29. The van der Waals surface area contributed by atoms with Crippen molar-refractivity contribution in [3.63, 3.8) is 0 Å². The fourth-order valence-corrected chi connectivity index (χ4v) is 2.12. The quantitative estimate of drug-likeness (QED) is 0.729. The van der Waals surface area contributed by atoms with Crippen molar-refractivity contribution in [3.05, 3.63) is 45.5 Å². The Morgan fingerprint density at radius 2 is 2.07 bits per heavy atom. The monoisotopic (exact) mass is 295 g/mol. The van der Waals surface area contributed by atoms with Crippen LogP contribution in [-0.2, 0) is 6.42 Å². The Bertz CT molecular complexity index is 446. The lowest BCUT2D eigenvalue weighted by molar-refractivity contribution is 0.922. The number of benzene rings is 2. The van der Waals surface area contributed by atoms with E-state index in [1.807, 2.05) is 0 Å². The van der Waals surface area contributed by atoms with Crippen molar-refractivity contribution in [1.29, 1.82) is 0 Å². The first-order chi connectivity index (χ1) is 6.79. The second kappa shape index (κ2) is 4.30. The van der Waals surface area contributed by atoms with Crippen molar-refractivity contribution in [2.24, 2.45) is 0 Å². The maximum Gasteiger partial charge on any atom is 0.0136 e. The van der Waals surface area contributed by atoms with Crippen molar-refractivity contribution >= 4 is 33.4 Å². The summed E-state index contributed by atoms with van der Waals surface area (Å²) in [6.07, 6.45) is 2.31. The van der Waals surface area contributed by atoms with E-state index in [1.54, 1.807) is 0 Å². The number of halogens is 1. The van der Waals surface area contributed by atoms with Gasteiger partial charge in [-0.05, 0) is 63.5 Å². The van der Waals surface area contributed by atoms with Gasteiger partial charge in [-0.15, -0.1) is 0 Å². The van der Waals surface area contributed by atoms with Gasteiger partial charge in [0.1, 0.15) is 0 Å². The minimum absolute atomic E-state index is 1.13. The van der Waals surface area contributed by atoms with Gasteiger partial charge in [-0.1, -0.05) is 31.5 Å². The van der Waals surface area contributed by atoms with Gasteiger partial charge < -0.3 is 0 Å². The molecule has 0 atom stereocenters. The number of hydrogen-bond donors (Lipinski definition) is 0. The third kappa shape index (κ3) is 2.08. The molecule has 0 heterocycles. The molecule has 1 radical (unpaired) electrons. The van der Waals surface area contributed by atoms with Gasteiger partial charge in [0.15, 0.2) is 0 Å². The number of fused-ring (bicyclic) bond motifs is 1. The van der Waals surface area contributed by atoms with Crippen molar-refractivity contribution in [3.8, 4) is 0 Å². The van der Waals surface area contributed by atoms with Gasteiger partial charge in [-0.25, -0.2) is 0 Å². The number of rotatable bonds is 2. The summed E-state index contributed by atoms with van der Waals surface area (Å²) in [5.41, 5.74) is 1.32. The Hall–Kier alpha value is -0.570. The molecular formula is C13H12I. The van der Waals surface area contributed by atoms with Crippen molar-refractivity contribution in [2.75, 3.05) is 0 Å². The summed E-state index contributed by atoms with van der Waals surface area (Å²) >= 11 is 2.34. The highest BCUT2D eigenvalue weighted by atomic mass is 127. The van der Waals surface area contributed by atoms with E-state index in [4.69, 9.17) is 0 Å². The van der Waals surface area contributed by atoms with Gasteiger partial charge in [0.25, 0.3) is 0 Å². The molecule has 0 aliphatic rings. The van der Waals surface area contributed by atoms with Crippen LogP contribution in [0.4, 0.5) is 0 Å². The highest BCUT2D eigenvalue weighted by Gasteiger charge is 1.97. The molecule has 0 nitrogen and oxygen atoms in total. The second-order valence-corrected chi connectivity index (χ2v) is 4.71. The fourth-order valence-electron chi connectivity index (χ4n) is 1.61. The van der Waals surface area contributed by atoms with E-state index in [-0.39, 0.29) is 0 Å². The van der Waals surface area contributed by atoms with E-state index in [0.717, 1.165) is 6.42 Å². The summed E-state index contributed by atoms with van der Waals surface area (Å²) in [6.45, 7) is 2.20. The van der Waals surface area contributed by atoms with Crippen LogP contribution in [0.15, 0.2) is 30.3 Å². The summed E-state index contributed by atoms with van der Waals surface area (Å²) in [5, 5.41) is 2.52. The molecule has 0 amide bonds. The molecule has 0 aliphatic heterocycles. The van der Waals surface area contributed by atoms with E-state index in [0.29, 0.717) is 0 Å². The molecule has 1 heteroatoms. The van der Waals surface area contributed by atoms with Gasteiger partial charge in [0.2, 0.25) is 0 Å². The highest BCUT2D eigenvalue weighted by Crippen LogP contribution is 2.18. The molecule has 0 aromatic heterocycles. The zero-order chi connectivity index (χ0) is 9.97. The molecule has 0 unspecified atom stereocenters. The largest absolute Gasteiger partial charge is 0.0651 e. The lowest BCUT2D eigenvalue weighted by atomic mass is 10.0. The van der Waals surface area contributed by atoms with Gasteiger partial charge in [0.05, 0.1) is 0 Å². The zero-order valence-corrected chi connectivity index (χ0v) is 10.3. The van der Waals surface area contributed by atoms with Crippen molar-refractivity contribution in [2.45, 2.75) is 19.8 Å². The molecule has 0 saturated carbocycles. The molecule has 0 fully saturated rings. The van der Waals surface area contributed by atoms with Gasteiger partial charge >= 0.3 is 0 Å². The fraction of sp³-hybridized carbons (Fsp3) is 0.231. The summed E-state index contributed by atoms with van der Waals surface area (Å²) in [5.74, 6) is 0. The van der Waals surface area contributed by atoms with Crippen LogP contribution in [0.2, 0.25) is 0 Å². The van der Waals surface area contributed by atoms with Crippen molar-refractivity contribution in [1.82, 2.24) is 0 Å². The SMILES string of the molecule is CCCc1[c]c2ccc(I)cc2cc1. The van der Waals surface area contributed by atoms with E-state index in [1.165, 1.54) is 26.3 Å². The Labute approximate surface area is 98.5 Å². The molecular weight excluding hydrogens is 283 g/mol. The predicted octanol–water partition coefficient (Wildman–Crippen LogP) is 4.20. The lowest BCUT2D eigenvalue weighted by Gasteiger charge is -2.01. The Morgan fingerprint density at radius 1 is 1.21 bits per heavy atom. The molecule has 2 aromatic carbocycles. The zero-order valence-electron chi connectivity index (χ0n) is 8.18. The molecule has 0 N–H and O–H groups in total. The number of aryl methyl sites for hydroxylation is 1. The van der Waals surface area contributed by atoms with Gasteiger partial charge in [-0.2, -0.15) is 0 Å². The predicted molar refractivity (Wildman–Crippen MR) is 69.5 cm³/mol. The van der Waals surface area contributed by atoms with Crippen molar-refractivity contribution < 1.29 is 0 Å². The minimum Gasteiger partial charge on any atom is -0.0651 e. The van der Waals surface area contributed by atoms with Crippen LogP contribution in [-0.4, -0.2) is 0 Å². The molecule has 0 spiro atoms. The first-order valence-electron chi connectivity index (χ1n) is 4.90. The first kappa shape index (κ1) is 9.97. The van der Waals surface area contributed by atoms with Crippen LogP contribution < -0.4 is 0 Å². The average Bonchev–Trinajstić information content (AvgIpc) is 2.19. The Balaban J connectivity index is 2.50. The van der Waals surface area contributed by atoms with E-state index in [2.05, 4.69) is 65.9 Å². The minimum atomic E-state index is 1.13. The standard InChI is InChI=1S/C13H12I/c1-2-3-10-4-5-12-9-13(14)7-6-11(12)8-10/h4-7,9H,2-3H2,1H3. The number of hydrogen-bond acceptors (Lipinski definition) is 0. The topological polar surface area (TPSA) is 0 Å². The van der Waals surface area contributed by atoms with E-state index in [9.17, 15) is 0 Å². The molecule has 71 valence electrons. The smallest absolute Gasteiger partial charge is 0.0136 e. The summed E-state index contributed by atoms with van der Waals surface area (Å²) in [6, 6.07) is 14.3. The van der Waals surface area contributed by atoms with Crippen LogP contribution in [0.5, 0.6) is 0 Å². The van der Waals surface area contributed by atoms with Crippen LogP contribution >= 0.6 is 22.6 Å². The Kier molecular flexibility index (Phi) is 3.06. The molecule has 2 aromatic rings. The maximum atomic E-state index is 3.45. The lowest BCUT2D eigenvalue weighted by Crippen LogP contribution is -1.84. The molecule has 14 heavy (non-hydrogen) atoms. The Morgan fingerprint density at radius 3 is 2.86 bits per heavy atom. The third-order valence-corrected chi connectivity index (χ3v) is 2.96. The molecule has 0 bridgehead atoms. The van der Waals surface area contributed by atoms with E-state index < -0.39 is 0 Å². The molecule has 0 saturated heterocycles. The normalized spacial score (nSPS) is 10.7. The maximum absolute atomic E-state index is 3.45. The summed E-state index contributed by atoms with van der Waals surface area (Å²) in [4.78, 5) is 0. The second-order valence-electron chi connectivity index (χ2n) is 3.47. The molecule has 2 rings (SSSR count). The summed E-state index contributed by atoms with van der Waals surface area (Å²) in [7, 11) is 0. The summed E-state index contributed by atoms with van der Waals surface area (Å²) < 4.78 is 1.28.